The van der Waals surface area contributed by atoms with E-state index in [0.29, 0.717) is 0 Å². The Hall–Kier alpha value is 0.513. The Morgan fingerprint density at radius 3 is 1.75 bits per heavy atom. The number of nitrogens with zero attached hydrogens (tertiary/aromatic N) is 1. The van der Waals surface area contributed by atoms with Crippen molar-refractivity contribution in [3.05, 3.63) is 4.91 Å². The molecule has 0 unspecified atom stereocenters. The molecule has 0 amide bonds. The smallest absolute Gasteiger partial charge is 0.0835 e. The predicted molar refractivity (Wildman–Crippen MR) is 11.6 cm³/mol. The van der Waals surface area contributed by atoms with Crippen molar-refractivity contribution in [2.75, 3.05) is 0 Å². The van der Waals surface area contributed by atoms with Crippen LogP contribution in [-0.2, 0) is 19.5 Å². The van der Waals surface area contributed by atoms with Gasteiger partial charge in [-0.1, -0.05) is 0 Å². The van der Waals surface area contributed by atoms with Crippen LogP contribution in [0.25, 0.3) is 0 Å². The molecule has 0 saturated heterocycles. The molecule has 0 bridgehead atoms. The molecule has 0 rings (SSSR count). The van der Waals surface area contributed by atoms with Crippen LogP contribution in [0.4, 0.5) is 0 Å². The largest absolute Gasteiger partial charge is 0.131 e. The van der Waals surface area contributed by atoms with E-state index < -0.39 is 0 Å². The first-order valence-electron chi connectivity index (χ1n) is 0.352. The molecule has 0 aliphatic heterocycles. The van der Waals surface area contributed by atoms with Gasteiger partial charge in [0.15, 0.2) is 0 Å². The molecule has 0 aliphatic rings. The molecule has 0 fully saturated rings. The summed E-state index contributed by atoms with van der Waals surface area (Å²) in [4.78, 5) is 8.32. The second kappa shape index (κ2) is 9.69. The molecular formula is ClNORu. The molecule has 0 aliphatic carbocycles. The summed E-state index contributed by atoms with van der Waals surface area (Å²) in [6.45, 7) is 0. The summed E-state index contributed by atoms with van der Waals surface area (Å²) in [5.74, 6) is 0. The first-order chi connectivity index (χ1) is 1.41. The van der Waals surface area contributed by atoms with E-state index in [1.165, 1.54) is 0 Å². The molecule has 0 heterocycles. The SMILES string of the molecule is O=NCl.[Ru]. The van der Waals surface area contributed by atoms with Crippen LogP contribution in [0, 0.1) is 4.91 Å². The van der Waals surface area contributed by atoms with Crippen molar-refractivity contribution in [1.29, 1.82) is 0 Å². The minimum absolute atomic E-state index is 0. The second-order valence-electron chi connectivity index (χ2n) is 0.0690. The van der Waals surface area contributed by atoms with Gasteiger partial charge in [0.1, 0.15) is 0 Å². The third kappa shape index (κ3) is 21.8. The second-order valence-corrected chi connectivity index (χ2v) is 0.207. The zero-order chi connectivity index (χ0) is 2.71. The van der Waals surface area contributed by atoms with Gasteiger partial charge in [-0.05, 0) is 0 Å². The van der Waals surface area contributed by atoms with Crippen LogP contribution in [-0.4, -0.2) is 0 Å². The summed E-state index contributed by atoms with van der Waals surface area (Å²) in [6, 6.07) is 0. The summed E-state index contributed by atoms with van der Waals surface area (Å²) in [5.41, 5.74) is 0. The molecule has 0 aromatic carbocycles. The minimum atomic E-state index is 0. The fourth-order valence-corrected chi connectivity index (χ4v) is 0. The van der Waals surface area contributed by atoms with Gasteiger partial charge in [0.2, 0.25) is 0 Å². The van der Waals surface area contributed by atoms with Gasteiger partial charge < -0.3 is 0 Å². The van der Waals surface area contributed by atoms with E-state index in [-0.39, 0.29) is 19.5 Å². The predicted octanol–water partition coefficient (Wildman–Crippen LogP) is 0.904. The average Bonchev–Trinajstić information content (AvgIpc) is 0.918. The standard InChI is InChI=1S/ClNO.Ru/c1-2-3;. The van der Waals surface area contributed by atoms with Crippen molar-refractivity contribution in [1.82, 2.24) is 0 Å². The molecule has 0 spiro atoms. The van der Waals surface area contributed by atoms with E-state index in [4.69, 9.17) is 4.91 Å². The maximum absolute atomic E-state index is 8.32. The quantitative estimate of drug-likeness (QED) is 0.388. The maximum Gasteiger partial charge on any atom is 0.0835 e. The van der Waals surface area contributed by atoms with Gasteiger partial charge in [-0.25, -0.2) is 0 Å². The molecule has 0 atom stereocenters. The third-order valence-corrected chi connectivity index (χ3v) is 0. The molecule has 26 valence electrons. The number of nitroso groups, excluding NO2 is 1. The number of halogens is 1. The number of hydrogen-bond acceptors (Lipinski definition) is 2. The Kier molecular flexibility index (Phi) is 21.4. The van der Waals surface area contributed by atoms with Crippen LogP contribution in [0.15, 0.2) is 4.70 Å². The Morgan fingerprint density at radius 2 is 1.75 bits per heavy atom. The van der Waals surface area contributed by atoms with Gasteiger partial charge in [0.05, 0.1) is 11.8 Å². The topological polar surface area (TPSA) is 29.4 Å². The Balaban J connectivity index is 0. The summed E-state index contributed by atoms with van der Waals surface area (Å²) in [7, 11) is 0. The number of rotatable bonds is 0. The maximum atomic E-state index is 8.32. The fourth-order valence-electron chi connectivity index (χ4n) is 0. The van der Waals surface area contributed by atoms with Crippen LogP contribution in [0.1, 0.15) is 0 Å². The molecule has 4 heavy (non-hydrogen) atoms. The van der Waals surface area contributed by atoms with E-state index >= 15 is 0 Å². The molecule has 4 heteroatoms. The molecule has 0 aromatic heterocycles. The van der Waals surface area contributed by atoms with Crippen molar-refractivity contribution in [3.8, 4) is 0 Å². The van der Waals surface area contributed by atoms with Crippen LogP contribution in [0.5, 0.6) is 0 Å². The summed E-state index contributed by atoms with van der Waals surface area (Å²) in [5, 5.41) is 0. The first kappa shape index (κ1) is 8.82. The molecule has 0 aromatic rings. The van der Waals surface area contributed by atoms with Crippen molar-refractivity contribution < 1.29 is 19.5 Å². The van der Waals surface area contributed by atoms with E-state index in [1.807, 2.05) is 0 Å². The van der Waals surface area contributed by atoms with Crippen LogP contribution >= 0.6 is 11.8 Å². The van der Waals surface area contributed by atoms with E-state index in [1.54, 1.807) is 4.70 Å². The van der Waals surface area contributed by atoms with Gasteiger partial charge in [-0.2, -0.15) is 0 Å². The van der Waals surface area contributed by atoms with Gasteiger partial charge in [0.25, 0.3) is 0 Å². The molecule has 0 N–H and O–H groups in total. The summed E-state index contributed by atoms with van der Waals surface area (Å²) in [6.07, 6.45) is 0. The number of hydrogen-bond donors (Lipinski definition) is 0. The first-order valence-corrected chi connectivity index (χ1v) is 0.690. The normalized spacial score (nSPS) is 3.25. The zero-order valence-corrected chi connectivity index (χ0v) is 4.08. The van der Waals surface area contributed by atoms with Crippen molar-refractivity contribution >= 4 is 11.8 Å². The van der Waals surface area contributed by atoms with E-state index in [2.05, 4.69) is 11.8 Å². The zero-order valence-electron chi connectivity index (χ0n) is 1.59. The Bertz CT molecular complexity index is 15.5. The van der Waals surface area contributed by atoms with Gasteiger partial charge in [-0.3, -0.25) is 0 Å². The Labute approximate surface area is 41.4 Å². The monoisotopic (exact) mass is 167 g/mol. The van der Waals surface area contributed by atoms with Crippen molar-refractivity contribution in [2.24, 2.45) is 4.70 Å². The fraction of sp³-hybridized carbons (Fsp3) is 0. The molecule has 0 saturated carbocycles. The van der Waals surface area contributed by atoms with Crippen molar-refractivity contribution in [2.45, 2.75) is 0 Å². The third-order valence-electron chi connectivity index (χ3n) is 0. The van der Waals surface area contributed by atoms with Crippen molar-refractivity contribution in [3.63, 3.8) is 0 Å². The van der Waals surface area contributed by atoms with Gasteiger partial charge in [-0.15, -0.1) is 4.91 Å². The van der Waals surface area contributed by atoms with Crippen LogP contribution in [0.3, 0.4) is 0 Å². The van der Waals surface area contributed by atoms with E-state index in [9.17, 15) is 0 Å². The van der Waals surface area contributed by atoms with Crippen LogP contribution < -0.4 is 0 Å². The minimum Gasteiger partial charge on any atom is -0.131 e. The molecule has 2 nitrogen and oxygen atoms in total. The molecule has 0 radical (unpaired) electrons. The van der Waals surface area contributed by atoms with Gasteiger partial charge in [0, 0.05) is 24.2 Å². The van der Waals surface area contributed by atoms with Gasteiger partial charge >= 0.3 is 0 Å². The van der Waals surface area contributed by atoms with E-state index in [0.717, 1.165) is 0 Å². The molecular weight excluding hydrogens is 167 g/mol. The summed E-state index contributed by atoms with van der Waals surface area (Å²) < 4.78 is 1.72. The Morgan fingerprint density at radius 1 is 1.75 bits per heavy atom. The van der Waals surface area contributed by atoms with Crippen LogP contribution in [0.2, 0.25) is 0 Å². The summed E-state index contributed by atoms with van der Waals surface area (Å²) >= 11 is 4.07. The average molecular weight is 167 g/mol.